The number of rotatable bonds is 7. The minimum atomic E-state index is -0.793. The van der Waals surface area contributed by atoms with E-state index < -0.39 is 6.10 Å². The maximum atomic E-state index is 10.8. The second-order valence-electron chi connectivity index (χ2n) is 3.93. The van der Waals surface area contributed by atoms with Crippen LogP contribution < -0.4 is 5.32 Å². The minimum absolute atomic E-state index is 0.150. The van der Waals surface area contributed by atoms with Gasteiger partial charge in [-0.25, -0.2) is 0 Å². The SMILES string of the molecule is CC(=O)C(O)CCCNCc1ccccc1. The van der Waals surface area contributed by atoms with E-state index in [4.69, 9.17) is 0 Å². The van der Waals surface area contributed by atoms with Gasteiger partial charge in [0.1, 0.15) is 6.10 Å². The van der Waals surface area contributed by atoms with Crippen LogP contribution in [0.15, 0.2) is 30.3 Å². The van der Waals surface area contributed by atoms with Crippen LogP contribution in [0.4, 0.5) is 0 Å². The van der Waals surface area contributed by atoms with Crippen LogP contribution >= 0.6 is 0 Å². The fourth-order valence-corrected chi connectivity index (χ4v) is 1.45. The van der Waals surface area contributed by atoms with Crippen LogP contribution in [-0.2, 0) is 11.3 Å². The number of hydrogen-bond acceptors (Lipinski definition) is 3. The van der Waals surface area contributed by atoms with Crippen LogP contribution in [0.3, 0.4) is 0 Å². The summed E-state index contributed by atoms with van der Waals surface area (Å²) in [5.74, 6) is -0.150. The van der Waals surface area contributed by atoms with Crippen LogP contribution in [-0.4, -0.2) is 23.5 Å². The molecule has 1 aromatic rings. The normalized spacial score (nSPS) is 12.4. The number of carbonyl (C=O) groups is 1. The topological polar surface area (TPSA) is 49.3 Å². The van der Waals surface area contributed by atoms with Gasteiger partial charge in [0.15, 0.2) is 5.78 Å². The number of aliphatic hydroxyl groups excluding tert-OH is 1. The zero-order valence-corrected chi connectivity index (χ0v) is 9.65. The van der Waals surface area contributed by atoms with Gasteiger partial charge in [-0.2, -0.15) is 0 Å². The molecule has 0 amide bonds. The molecule has 0 heterocycles. The number of carbonyl (C=O) groups excluding carboxylic acids is 1. The maximum absolute atomic E-state index is 10.8. The lowest BCUT2D eigenvalue weighted by Gasteiger charge is -2.07. The van der Waals surface area contributed by atoms with Crippen molar-refractivity contribution in [3.8, 4) is 0 Å². The second-order valence-corrected chi connectivity index (χ2v) is 3.93. The quantitative estimate of drug-likeness (QED) is 0.686. The predicted molar refractivity (Wildman–Crippen MR) is 64.1 cm³/mol. The number of Topliss-reactive ketones (excluding diaryl/α,β-unsaturated/α-hetero) is 1. The highest BCUT2D eigenvalue weighted by Crippen LogP contribution is 1.99. The van der Waals surface area contributed by atoms with Crippen molar-refractivity contribution in [3.05, 3.63) is 35.9 Å². The summed E-state index contributed by atoms with van der Waals surface area (Å²) in [5, 5.41) is 12.5. The lowest BCUT2D eigenvalue weighted by molar-refractivity contribution is -0.125. The van der Waals surface area contributed by atoms with Crippen LogP contribution in [0.5, 0.6) is 0 Å². The average molecular weight is 221 g/mol. The number of ketones is 1. The molecule has 3 nitrogen and oxygen atoms in total. The third-order valence-corrected chi connectivity index (χ3v) is 2.47. The molecule has 0 aliphatic heterocycles. The van der Waals surface area contributed by atoms with Gasteiger partial charge in [0.25, 0.3) is 0 Å². The molecule has 0 spiro atoms. The van der Waals surface area contributed by atoms with Gasteiger partial charge in [0.2, 0.25) is 0 Å². The largest absolute Gasteiger partial charge is 0.385 e. The van der Waals surface area contributed by atoms with Gasteiger partial charge in [-0.1, -0.05) is 30.3 Å². The highest BCUT2D eigenvalue weighted by Gasteiger charge is 2.07. The fraction of sp³-hybridized carbons (Fsp3) is 0.462. The summed E-state index contributed by atoms with van der Waals surface area (Å²) in [5.41, 5.74) is 1.25. The molecule has 0 radical (unpaired) electrons. The van der Waals surface area contributed by atoms with Crippen molar-refractivity contribution >= 4 is 5.78 Å². The summed E-state index contributed by atoms with van der Waals surface area (Å²) in [4.78, 5) is 10.8. The molecule has 0 fully saturated rings. The molecule has 0 aromatic heterocycles. The molecule has 0 saturated carbocycles. The Kier molecular flexibility index (Phi) is 5.75. The first kappa shape index (κ1) is 12.9. The molecule has 1 aromatic carbocycles. The molecule has 1 atom stereocenters. The van der Waals surface area contributed by atoms with Crippen molar-refractivity contribution in [3.63, 3.8) is 0 Å². The molecule has 1 unspecified atom stereocenters. The Morgan fingerprint density at radius 1 is 1.38 bits per heavy atom. The molecular weight excluding hydrogens is 202 g/mol. The van der Waals surface area contributed by atoms with E-state index >= 15 is 0 Å². The standard InChI is InChI=1S/C13H19NO2/c1-11(15)13(16)8-5-9-14-10-12-6-3-2-4-7-12/h2-4,6-7,13-14,16H,5,8-10H2,1H3. The van der Waals surface area contributed by atoms with E-state index in [1.165, 1.54) is 12.5 Å². The Bertz CT molecular complexity index is 311. The van der Waals surface area contributed by atoms with Gasteiger partial charge in [0.05, 0.1) is 0 Å². The minimum Gasteiger partial charge on any atom is -0.385 e. The highest BCUT2D eigenvalue weighted by atomic mass is 16.3. The monoisotopic (exact) mass is 221 g/mol. The van der Waals surface area contributed by atoms with Crippen LogP contribution in [0.1, 0.15) is 25.3 Å². The lowest BCUT2D eigenvalue weighted by atomic mass is 10.1. The molecule has 0 saturated heterocycles. The van der Waals surface area contributed by atoms with Crippen LogP contribution in [0.2, 0.25) is 0 Å². The smallest absolute Gasteiger partial charge is 0.158 e. The first-order valence-electron chi connectivity index (χ1n) is 5.63. The number of hydrogen-bond donors (Lipinski definition) is 2. The molecule has 88 valence electrons. The van der Waals surface area contributed by atoms with E-state index in [9.17, 15) is 9.90 Å². The van der Waals surface area contributed by atoms with Crippen molar-refractivity contribution in [2.24, 2.45) is 0 Å². The number of benzene rings is 1. The van der Waals surface area contributed by atoms with Crippen molar-refractivity contribution in [1.82, 2.24) is 5.32 Å². The Labute approximate surface area is 96.5 Å². The summed E-state index contributed by atoms with van der Waals surface area (Å²) in [7, 11) is 0. The molecular formula is C13H19NO2. The summed E-state index contributed by atoms with van der Waals surface area (Å²) in [6, 6.07) is 10.1. The molecule has 0 aliphatic carbocycles. The summed E-state index contributed by atoms with van der Waals surface area (Å²) in [6.07, 6.45) is 0.559. The second kappa shape index (κ2) is 7.14. The van der Waals surface area contributed by atoms with E-state index in [2.05, 4.69) is 17.4 Å². The van der Waals surface area contributed by atoms with Crippen LogP contribution in [0.25, 0.3) is 0 Å². The zero-order chi connectivity index (χ0) is 11.8. The lowest BCUT2D eigenvalue weighted by Crippen LogP contribution is -2.20. The molecule has 0 bridgehead atoms. The van der Waals surface area contributed by atoms with Gasteiger partial charge in [-0.05, 0) is 31.9 Å². The van der Waals surface area contributed by atoms with Gasteiger partial charge in [-0.15, -0.1) is 0 Å². The maximum Gasteiger partial charge on any atom is 0.158 e. The van der Waals surface area contributed by atoms with Crippen molar-refractivity contribution < 1.29 is 9.90 Å². The highest BCUT2D eigenvalue weighted by molar-refractivity contribution is 5.79. The van der Waals surface area contributed by atoms with E-state index in [0.717, 1.165) is 19.5 Å². The van der Waals surface area contributed by atoms with E-state index in [0.29, 0.717) is 6.42 Å². The molecule has 0 aliphatic rings. The summed E-state index contributed by atoms with van der Waals surface area (Å²) in [6.45, 7) is 3.07. The van der Waals surface area contributed by atoms with Crippen molar-refractivity contribution in [1.29, 1.82) is 0 Å². The molecule has 1 rings (SSSR count). The molecule has 2 N–H and O–H groups in total. The van der Waals surface area contributed by atoms with Crippen LogP contribution in [0, 0.1) is 0 Å². The molecule has 16 heavy (non-hydrogen) atoms. The first-order chi connectivity index (χ1) is 7.70. The Morgan fingerprint density at radius 2 is 2.06 bits per heavy atom. The summed E-state index contributed by atoms with van der Waals surface area (Å²) >= 11 is 0. The Hall–Kier alpha value is -1.19. The van der Waals surface area contributed by atoms with Crippen molar-refractivity contribution in [2.75, 3.05) is 6.54 Å². The van der Waals surface area contributed by atoms with E-state index in [1.54, 1.807) is 0 Å². The van der Waals surface area contributed by atoms with Gasteiger partial charge >= 0.3 is 0 Å². The number of nitrogens with one attached hydrogen (secondary N) is 1. The molecule has 3 heteroatoms. The predicted octanol–water partition coefficient (Wildman–Crippen LogP) is 1.51. The fourth-order valence-electron chi connectivity index (χ4n) is 1.45. The van der Waals surface area contributed by atoms with E-state index in [1.807, 2.05) is 18.2 Å². The van der Waals surface area contributed by atoms with Gasteiger partial charge < -0.3 is 10.4 Å². The third kappa shape index (κ3) is 5.05. The number of aliphatic hydroxyl groups is 1. The van der Waals surface area contributed by atoms with E-state index in [-0.39, 0.29) is 5.78 Å². The Morgan fingerprint density at radius 3 is 2.69 bits per heavy atom. The Balaban J connectivity index is 2.07. The van der Waals surface area contributed by atoms with Gasteiger partial charge in [-0.3, -0.25) is 4.79 Å². The third-order valence-electron chi connectivity index (χ3n) is 2.47. The van der Waals surface area contributed by atoms with Crippen molar-refractivity contribution in [2.45, 2.75) is 32.4 Å². The zero-order valence-electron chi connectivity index (χ0n) is 9.65. The van der Waals surface area contributed by atoms with Gasteiger partial charge in [0, 0.05) is 6.54 Å². The summed E-state index contributed by atoms with van der Waals surface area (Å²) < 4.78 is 0. The first-order valence-corrected chi connectivity index (χ1v) is 5.63. The average Bonchev–Trinajstić information content (AvgIpc) is 2.29.